The Labute approximate surface area is 97.7 Å². The number of rotatable bonds is 2. The Bertz CT molecular complexity index is 532. The van der Waals surface area contributed by atoms with Gasteiger partial charge in [-0.15, -0.1) is 0 Å². The fourth-order valence-electron chi connectivity index (χ4n) is 1.14. The minimum absolute atomic E-state index is 0.107. The molecule has 0 aliphatic heterocycles. The molecule has 0 radical (unpaired) electrons. The van der Waals surface area contributed by atoms with Gasteiger partial charge in [0.1, 0.15) is 11.0 Å². The Hall–Kier alpha value is -0.760. The van der Waals surface area contributed by atoms with E-state index in [1.165, 1.54) is 6.07 Å². The number of hydrogen-bond donors (Lipinski definition) is 0. The minimum Gasteiger partial charge on any atom is -0.207 e. The quantitative estimate of drug-likeness (QED) is 0.771. The molecule has 1 rings (SSSR count). The highest BCUT2D eigenvalue weighted by molar-refractivity contribution is 8.13. The van der Waals surface area contributed by atoms with Gasteiger partial charge in [-0.3, -0.25) is 0 Å². The van der Waals surface area contributed by atoms with E-state index in [1.807, 2.05) is 6.92 Å². The minimum atomic E-state index is -3.94. The van der Waals surface area contributed by atoms with Gasteiger partial charge in [-0.05, 0) is 24.1 Å². The fourth-order valence-corrected chi connectivity index (χ4v) is 2.54. The molecular weight excluding hydrogens is 257 g/mol. The van der Waals surface area contributed by atoms with E-state index in [2.05, 4.69) is 0 Å². The van der Waals surface area contributed by atoms with E-state index >= 15 is 0 Å². The van der Waals surface area contributed by atoms with Crippen molar-refractivity contribution in [3.63, 3.8) is 0 Å². The first-order chi connectivity index (χ1) is 6.90. The van der Waals surface area contributed by atoms with Crippen LogP contribution in [-0.2, 0) is 15.5 Å². The zero-order valence-electron chi connectivity index (χ0n) is 7.79. The van der Waals surface area contributed by atoms with Gasteiger partial charge in [0.25, 0.3) is 9.05 Å². The van der Waals surface area contributed by atoms with Crippen LogP contribution in [0.25, 0.3) is 0 Å². The Morgan fingerprint density at radius 2 is 2.07 bits per heavy atom. The summed E-state index contributed by atoms with van der Waals surface area (Å²) in [5.41, 5.74) is 0.613. The van der Waals surface area contributed by atoms with Crippen molar-refractivity contribution in [2.24, 2.45) is 0 Å². The van der Waals surface area contributed by atoms with Gasteiger partial charge < -0.3 is 0 Å². The molecule has 6 heteroatoms. The molecule has 0 N–H and O–H groups in total. The van der Waals surface area contributed by atoms with Crippen molar-refractivity contribution in [3.8, 4) is 6.07 Å². The third-order valence-electron chi connectivity index (χ3n) is 1.90. The molecule has 0 amide bonds. The fraction of sp³-hybridized carbons (Fsp3) is 0.222. The first-order valence-electron chi connectivity index (χ1n) is 4.07. The standard InChI is InChI=1S/C9H7Cl2NO2S/c1-2-6-3-8(10)7(5-12)9(4-6)15(11,13)14/h3-4H,2H2,1H3. The maximum absolute atomic E-state index is 11.2. The number of nitrogens with zero attached hydrogens (tertiary/aromatic N) is 1. The normalized spacial score (nSPS) is 11.1. The molecule has 0 aliphatic rings. The number of aryl methyl sites for hydroxylation is 1. The van der Waals surface area contributed by atoms with Gasteiger partial charge in [0.15, 0.2) is 0 Å². The van der Waals surface area contributed by atoms with Crippen LogP contribution in [0.4, 0.5) is 0 Å². The van der Waals surface area contributed by atoms with Crippen LogP contribution >= 0.6 is 22.3 Å². The molecule has 0 unspecified atom stereocenters. The maximum Gasteiger partial charge on any atom is 0.262 e. The van der Waals surface area contributed by atoms with E-state index in [-0.39, 0.29) is 15.5 Å². The molecule has 0 saturated heterocycles. The zero-order chi connectivity index (χ0) is 11.6. The van der Waals surface area contributed by atoms with Crippen molar-refractivity contribution in [3.05, 3.63) is 28.3 Å². The van der Waals surface area contributed by atoms with Gasteiger partial charge in [0.2, 0.25) is 0 Å². The Kier molecular flexibility index (Phi) is 3.61. The van der Waals surface area contributed by atoms with Crippen molar-refractivity contribution in [1.82, 2.24) is 0 Å². The Balaban J connectivity index is 3.63. The number of halogens is 2. The lowest BCUT2D eigenvalue weighted by atomic mass is 10.1. The monoisotopic (exact) mass is 263 g/mol. The summed E-state index contributed by atoms with van der Waals surface area (Å²) in [5.74, 6) is 0. The van der Waals surface area contributed by atoms with Crippen molar-refractivity contribution in [2.75, 3.05) is 0 Å². The third kappa shape index (κ3) is 2.63. The van der Waals surface area contributed by atoms with Crippen LogP contribution < -0.4 is 0 Å². The highest BCUT2D eigenvalue weighted by Gasteiger charge is 2.19. The van der Waals surface area contributed by atoms with E-state index in [0.29, 0.717) is 6.42 Å². The summed E-state index contributed by atoms with van der Waals surface area (Å²) in [4.78, 5) is -0.226. The molecule has 0 spiro atoms. The van der Waals surface area contributed by atoms with Gasteiger partial charge >= 0.3 is 0 Å². The summed E-state index contributed by atoms with van der Waals surface area (Å²) in [5, 5.41) is 8.88. The van der Waals surface area contributed by atoms with E-state index in [9.17, 15) is 8.42 Å². The van der Waals surface area contributed by atoms with Gasteiger partial charge in [-0.1, -0.05) is 18.5 Å². The molecule has 0 atom stereocenters. The summed E-state index contributed by atoms with van der Waals surface area (Å²) in [7, 11) is 1.27. The van der Waals surface area contributed by atoms with Crippen LogP contribution in [0.5, 0.6) is 0 Å². The molecule has 1 aromatic rings. The number of benzene rings is 1. The predicted octanol–water partition coefficient (Wildman–Crippen LogP) is 2.70. The zero-order valence-corrected chi connectivity index (χ0v) is 10.1. The van der Waals surface area contributed by atoms with E-state index < -0.39 is 9.05 Å². The van der Waals surface area contributed by atoms with Gasteiger partial charge in [-0.25, -0.2) is 8.42 Å². The lowest BCUT2D eigenvalue weighted by molar-refractivity contribution is 0.609. The van der Waals surface area contributed by atoms with Crippen LogP contribution in [0.1, 0.15) is 18.1 Å². The summed E-state index contributed by atoms with van der Waals surface area (Å²) in [6.45, 7) is 1.85. The molecule has 1 aromatic carbocycles. The molecule has 15 heavy (non-hydrogen) atoms. The smallest absolute Gasteiger partial charge is 0.207 e. The summed E-state index contributed by atoms with van der Waals surface area (Å²) in [6.07, 6.45) is 0.616. The SMILES string of the molecule is CCc1cc(Cl)c(C#N)c(S(=O)(=O)Cl)c1. The Morgan fingerprint density at radius 1 is 1.47 bits per heavy atom. The van der Waals surface area contributed by atoms with Crippen LogP contribution in [0.3, 0.4) is 0 Å². The molecule has 0 fully saturated rings. The third-order valence-corrected chi connectivity index (χ3v) is 3.54. The van der Waals surface area contributed by atoms with Crippen LogP contribution in [0.2, 0.25) is 5.02 Å². The first-order valence-corrected chi connectivity index (χ1v) is 6.76. The molecule has 80 valence electrons. The largest absolute Gasteiger partial charge is 0.262 e. The predicted molar refractivity (Wildman–Crippen MR) is 58.6 cm³/mol. The summed E-state index contributed by atoms with van der Waals surface area (Å²) < 4.78 is 22.4. The highest BCUT2D eigenvalue weighted by atomic mass is 35.7. The van der Waals surface area contributed by atoms with Crippen molar-refractivity contribution < 1.29 is 8.42 Å². The first kappa shape index (κ1) is 12.3. The van der Waals surface area contributed by atoms with Gasteiger partial charge in [-0.2, -0.15) is 5.26 Å². The second-order valence-corrected chi connectivity index (χ2v) is 5.80. The molecule has 0 bridgehead atoms. The van der Waals surface area contributed by atoms with E-state index in [4.69, 9.17) is 27.5 Å². The number of hydrogen-bond acceptors (Lipinski definition) is 3. The average Bonchev–Trinajstić information content (AvgIpc) is 2.15. The average molecular weight is 264 g/mol. The second kappa shape index (κ2) is 4.40. The molecule has 0 saturated carbocycles. The van der Waals surface area contributed by atoms with Crippen LogP contribution in [0.15, 0.2) is 17.0 Å². The Morgan fingerprint density at radius 3 is 2.47 bits per heavy atom. The second-order valence-electron chi connectivity index (χ2n) is 2.85. The molecular formula is C9H7Cl2NO2S. The highest BCUT2D eigenvalue weighted by Crippen LogP contribution is 2.27. The van der Waals surface area contributed by atoms with Crippen molar-refractivity contribution >= 4 is 31.3 Å². The molecule has 0 aromatic heterocycles. The van der Waals surface area contributed by atoms with Crippen molar-refractivity contribution in [1.29, 1.82) is 5.26 Å². The van der Waals surface area contributed by atoms with Gasteiger partial charge in [0, 0.05) is 10.7 Å². The summed E-state index contributed by atoms with van der Waals surface area (Å²) in [6, 6.07) is 4.66. The lowest BCUT2D eigenvalue weighted by Crippen LogP contribution is -1.98. The van der Waals surface area contributed by atoms with Gasteiger partial charge in [0.05, 0.1) is 10.6 Å². The number of nitriles is 1. The van der Waals surface area contributed by atoms with Crippen LogP contribution in [-0.4, -0.2) is 8.42 Å². The molecule has 0 aliphatic carbocycles. The van der Waals surface area contributed by atoms with E-state index in [0.717, 1.165) is 5.56 Å². The lowest BCUT2D eigenvalue weighted by Gasteiger charge is -2.05. The maximum atomic E-state index is 11.2. The van der Waals surface area contributed by atoms with E-state index in [1.54, 1.807) is 12.1 Å². The van der Waals surface area contributed by atoms with Crippen LogP contribution in [0, 0.1) is 11.3 Å². The van der Waals surface area contributed by atoms with Crippen molar-refractivity contribution in [2.45, 2.75) is 18.2 Å². The molecule has 0 heterocycles. The topological polar surface area (TPSA) is 57.9 Å². The summed E-state index contributed by atoms with van der Waals surface area (Å²) >= 11 is 5.77. The molecule has 3 nitrogen and oxygen atoms in total.